The van der Waals surface area contributed by atoms with Gasteiger partial charge in [0, 0.05) is 25.2 Å². The summed E-state index contributed by atoms with van der Waals surface area (Å²) in [6.07, 6.45) is 1.07. The molecular formula is C28H29N3O3. The number of nitrogens with one attached hydrogen (secondary N) is 2. The number of benzene rings is 3. The van der Waals surface area contributed by atoms with Gasteiger partial charge in [-0.1, -0.05) is 61.0 Å². The van der Waals surface area contributed by atoms with E-state index in [2.05, 4.69) is 17.6 Å². The lowest BCUT2D eigenvalue weighted by atomic mass is 10.1. The molecule has 1 aliphatic rings. The fourth-order valence-electron chi connectivity index (χ4n) is 4.05. The molecule has 0 radical (unpaired) electrons. The third kappa shape index (κ3) is 5.34. The highest BCUT2D eigenvalue weighted by Crippen LogP contribution is 2.27. The van der Waals surface area contributed by atoms with Crippen molar-refractivity contribution in [2.75, 3.05) is 16.8 Å². The Kier molecular flexibility index (Phi) is 7.07. The molecule has 0 aliphatic carbocycles. The van der Waals surface area contributed by atoms with Gasteiger partial charge in [0.25, 0.3) is 5.91 Å². The van der Waals surface area contributed by atoms with Gasteiger partial charge in [-0.25, -0.2) is 0 Å². The van der Waals surface area contributed by atoms with Crippen LogP contribution in [-0.2, 0) is 22.6 Å². The Labute approximate surface area is 200 Å². The van der Waals surface area contributed by atoms with Crippen molar-refractivity contribution in [2.24, 2.45) is 5.92 Å². The number of amides is 3. The smallest absolute Gasteiger partial charge is 0.253 e. The highest BCUT2D eigenvalue weighted by Gasteiger charge is 2.35. The molecule has 0 aromatic heterocycles. The van der Waals surface area contributed by atoms with Crippen LogP contribution in [0.2, 0.25) is 0 Å². The second-order valence-corrected chi connectivity index (χ2v) is 8.63. The minimum absolute atomic E-state index is 0.0754. The normalized spacial score (nSPS) is 15.3. The molecule has 1 fully saturated rings. The van der Waals surface area contributed by atoms with E-state index in [-0.39, 0.29) is 24.1 Å². The summed E-state index contributed by atoms with van der Waals surface area (Å²) in [5.41, 5.74) is 4.98. The van der Waals surface area contributed by atoms with Crippen molar-refractivity contribution in [3.63, 3.8) is 0 Å². The van der Waals surface area contributed by atoms with Crippen LogP contribution < -0.4 is 15.5 Å². The van der Waals surface area contributed by atoms with Gasteiger partial charge in [0.2, 0.25) is 11.8 Å². The molecule has 3 aromatic rings. The zero-order valence-corrected chi connectivity index (χ0v) is 19.5. The van der Waals surface area contributed by atoms with Gasteiger partial charge in [-0.15, -0.1) is 0 Å². The Morgan fingerprint density at radius 1 is 0.941 bits per heavy atom. The highest BCUT2D eigenvalue weighted by molar-refractivity contribution is 6.07. The van der Waals surface area contributed by atoms with Gasteiger partial charge in [-0.2, -0.15) is 0 Å². The van der Waals surface area contributed by atoms with E-state index in [9.17, 15) is 14.4 Å². The number of anilines is 2. The van der Waals surface area contributed by atoms with Gasteiger partial charge < -0.3 is 15.5 Å². The summed E-state index contributed by atoms with van der Waals surface area (Å²) in [5, 5.41) is 5.78. The molecule has 4 rings (SSSR count). The molecule has 0 bridgehead atoms. The predicted molar refractivity (Wildman–Crippen MR) is 134 cm³/mol. The number of hydrogen-bond acceptors (Lipinski definition) is 3. The Bertz CT molecular complexity index is 1190. The lowest BCUT2D eigenvalue weighted by molar-refractivity contribution is -0.122. The van der Waals surface area contributed by atoms with Crippen molar-refractivity contribution in [3.8, 4) is 0 Å². The average Bonchev–Trinajstić information content (AvgIpc) is 3.25. The summed E-state index contributed by atoms with van der Waals surface area (Å²) in [7, 11) is 0. The second-order valence-electron chi connectivity index (χ2n) is 8.63. The highest BCUT2D eigenvalue weighted by atomic mass is 16.2. The van der Waals surface area contributed by atoms with E-state index in [1.54, 1.807) is 29.2 Å². The van der Waals surface area contributed by atoms with Gasteiger partial charge in [-0.3, -0.25) is 14.4 Å². The van der Waals surface area contributed by atoms with Crippen molar-refractivity contribution in [2.45, 2.75) is 33.2 Å². The second kappa shape index (κ2) is 10.3. The third-order valence-corrected chi connectivity index (χ3v) is 6.16. The largest absolute Gasteiger partial charge is 0.348 e. The minimum atomic E-state index is -0.484. The maximum atomic E-state index is 13.0. The fourth-order valence-corrected chi connectivity index (χ4v) is 4.05. The number of aryl methyl sites for hydroxylation is 2. The van der Waals surface area contributed by atoms with Gasteiger partial charge in [0.05, 0.1) is 17.2 Å². The molecule has 174 valence electrons. The Morgan fingerprint density at radius 3 is 2.32 bits per heavy atom. The lowest BCUT2D eigenvalue weighted by Crippen LogP contribution is -2.29. The molecule has 6 heteroatoms. The zero-order chi connectivity index (χ0) is 24.1. The first kappa shape index (κ1) is 23.2. The minimum Gasteiger partial charge on any atom is -0.348 e. The Hall–Kier alpha value is -3.93. The van der Waals surface area contributed by atoms with E-state index in [0.29, 0.717) is 24.3 Å². The van der Waals surface area contributed by atoms with E-state index in [1.165, 1.54) is 5.56 Å². The first-order chi connectivity index (χ1) is 16.4. The Balaban J connectivity index is 1.40. The van der Waals surface area contributed by atoms with Crippen LogP contribution in [0.25, 0.3) is 0 Å². The molecule has 6 nitrogen and oxygen atoms in total. The maximum Gasteiger partial charge on any atom is 0.253 e. The van der Waals surface area contributed by atoms with Crippen LogP contribution in [0, 0.1) is 12.8 Å². The lowest BCUT2D eigenvalue weighted by Gasteiger charge is -2.17. The summed E-state index contributed by atoms with van der Waals surface area (Å²) < 4.78 is 0. The SMILES string of the molecule is CCc1ccc(N2CC(C(=O)Nc3ccccc3C(=O)NCc3ccc(C)cc3)CC2=O)cc1. The summed E-state index contributed by atoms with van der Waals surface area (Å²) >= 11 is 0. The summed E-state index contributed by atoms with van der Waals surface area (Å²) in [4.78, 5) is 40.1. The van der Waals surface area contributed by atoms with Crippen molar-refractivity contribution < 1.29 is 14.4 Å². The van der Waals surface area contributed by atoms with Crippen molar-refractivity contribution in [1.82, 2.24) is 5.32 Å². The van der Waals surface area contributed by atoms with Crippen LogP contribution in [0.4, 0.5) is 11.4 Å². The van der Waals surface area contributed by atoms with Gasteiger partial charge in [0.15, 0.2) is 0 Å². The summed E-state index contributed by atoms with van der Waals surface area (Å²) in [6, 6.07) is 22.7. The van der Waals surface area contributed by atoms with Gasteiger partial charge in [0.1, 0.15) is 0 Å². The topological polar surface area (TPSA) is 78.5 Å². The summed E-state index contributed by atoms with van der Waals surface area (Å²) in [5.74, 6) is -1.09. The van der Waals surface area contributed by atoms with Crippen LogP contribution in [-0.4, -0.2) is 24.3 Å². The number of hydrogen-bond donors (Lipinski definition) is 2. The van der Waals surface area contributed by atoms with Crippen LogP contribution in [0.3, 0.4) is 0 Å². The van der Waals surface area contributed by atoms with E-state index in [0.717, 1.165) is 23.2 Å². The number of para-hydroxylation sites is 1. The molecule has 1 aliphatic heterocycles. The molecular weight excluding hydrogens is 426 g/mol. The predicted octanol–water partition coefficient (Wildman–Crippen LogP) is 4.48. The number of nitrogens with zero attached hydrogens (tertiary/aromatic N) is 1. The number of carbonyl (C=O) groups is 3. The van der Waals surface area contributed by atoms with Crippen molar-refractivity contribution in [3.05, 3.63) is 95.1 Å². The first-order valence-corrected chi connectivity index (χ1v) is 11.6. The molecule has 34 heavy (non-hydrogen) atoms. The van der Waals surface area contributed by atoms with Crippen LogP contribution in [0.15, 0.2) is 72.8 Å². The molecule has 3 aromatic carbocycles. The first-order valence-electron chi connectivity index (χ1n) is 11.6. The molecule has 1 unspecified atom stereocenters. The van der Waals surface area contributed by atoms with Crippen molar-refractivity contribution >= 4 is 29.1 Å². The number of carbonyl (C=O) groups excluding carboxylic acids is 3. The van der Waals surface area contributed by atoms with E-state index >= 15 is 0 Å². The van der Waals surface area contributed by atoms with Crippen LogP contribution >= 0.6 is 0 Å². The van der Waals surface area contributed by atoms with Crippen LogP contribution in [0.5, 0.6) is 0 Å². The summed E-state index contributed by atoms with van der Waals surface area (Å²) in [6.45, 7) is 4.81. The molecule has 0 spiro atoms. The molecule has 1 atom stereocenters. The van der Waals surface area contributed by atoms with Gasteiger partial charge in [-0.05, 0) is 48.7 Å². The molecule has 1 saturated heterocycles. The van der Waals surface area contributed by atoms with E-state index < -0.39 is 5.92 Å². The number of rotatable bonds is 7. The monoisotopic (exact) mass is 455 g/mol. The maximum absolute atomic E-state index is 13.0. The molecule has 0 saturated carbocycles. The average molecular weight is 456 g/mol. The van der Waals surface area contributed by atoms with Crippen molar-refractivity contribution in [1.29, 1.82) is 0 Å². The Morgan fingerprint density at radius 2 is 1.62 bits per heavy atom. The third-order valence-electron chi connectivity index (χ3n) is 6.16. The standard InChI is InChI=1S/C28H29N3O3/c1-3-20-12-14-23(15-13-20)31-18-22(16-26(31)32)27(33)30-25-7-5-4-6-24(25)28(34)29-17-21-10-8-19(2)9-11-21/h4-15,22H,3,16-18H2,1-2H3,(H,29,34)(H,30,33). The van der Waals surface area contributed by atoms with E-state index in [4.69, 9.17) is 0 Å². The molecule has 1 heterocycles. The quantitative estimate of drug-likeness (QED) is 0.551. The molecule has 3 amide bonds. The van der Waals surface area contributed by atoms with Crippen LogP contribution in [0.1, 0.15) is 40.4 Å². The zero-order valence-electron chi connectivity index (χ0n) is 19.5. The van der Waals surface area contributed by atoms with Gasteiger partial charge >= 0.3 is 0 Å². The fraction of sp³-hybridized carbons (Fsp3) is 0.250. The molecule has 2 N–H and O–H groups in total. The van der Waals surface area contributed by atoms with E-state index in [1.807, 2.05) is 55.5 Å².